The predicted octanol–water partition coefficient (Wildman–Crippen LogP) is 1.95. The maximum Gasteiger partial charge on any atom is 0.242 e. The molecule has 3 rings (SSSR count). The standard InChI is InChI=1S/C16H17N5O/c1-13(19-16(22)12-20-9-3-7-17-20)14-5-2-6-15(11-14)21-10-4-8-18-21/h2-11,13H,12H2,1H3,(H,19,22)/t13-/m0/s1. The van der Waals surface area contributed by atoms with Gasteiger partial charge in [0, 0.05) is 24.8 Å². The third-order valence-electron chi connectivity index (χ3n) is 3.38. The fourth-order valence-corrected chi connectivity index (χ4v) is 2.27. The average molecular weight is 295 g/mol. The number of nitrogens with one attached hydrogen (secondary N) is 1. The molecule has 6 heteroatoms. The summed E-state index contributed by atoms with van der Waals surface area (Å²) in [6.45, 7) is 2.18. The smallest absolute Gasteiger partial charge is 0.242 e. The van der Waals surface area contributed by atoms with Crippen molar-refractivity contribution in [3.8, 4) is 5.69 Å². The van der Waals surface area contributed by atoms with Gasteiger partial charge in [0.1, 0.15) is 6.54 Å². The van der Waals surface area contributed by atoms with Crippen LogP contribution < -0.4 is 5.32 Å². The van der Waals surface area contributed by atoms with Gasteiger partial charge in [0.2, 0.25) is 5.91 Å². The molecule has 0 aliphatic heterocycles. The highest BCUT2D eigenvalue weighted by molar-refractivity contribution is 5.76. The third kappa shape index (κ3) is 3.22. The summed E-state index contributed by atoms with van der Waals surface area (Å²) < 4.78 is 3.39. The van der Waals surface area contributed by atoms with Gasteiger partial charge in [0.15, 0.2) is 0 Å². The van der Waals surface area contributed by atoms with Crippen molar-refractivity contribution in [1.29, 1.82) is 0 Å². The van der Waals surface area contributed by atoms with Gasteiger partial charge in [-0.1, -0.05) is 12.1 Å². The third-order valence-corrected chi connectivity index (χ3v) is 3.38. The largest absolute Gasteiger partial charge is 0.348 e. The lowest BCUT2D eigenvalue weighted by atomic mass is 10.1. The molecule has 0 aliphatic carbocycles. The molecule has 6 nitrogen and oxygen atoms in total. The molecule has 0 aliphatic rings. The predicted molar refractivity (Wildman–Crippen MR) is 82.3 cm³/mol. The molecule has 3 aromatic rings. The van der Waals surface area contributed by atoms with Crippen LogP contribution in [0.3, 0.4) is 0 Å². The molecule has 0 fully saturated rings. The summed E-state index contributed by atoms with van der Waals surface area (Å²) in [4.78, 5) is 12.0. The molecule has 22 heavy (non-hydrogen) atoms. The average Bonchev–Trinajstić information content (AvgIpc) is 3.20. The normalized spacial score (nSPS) is 12.0. The summed E-state index contributed by atoms with van der Waals surface area (Å²) in [5.41, 5.74) is 2.00. The van der Waals surface area contributed by atoms with Crippen LogP contribution in [-0.4, -0.2) is 25.5 Å². The van der Waals surface area contributed by atoms with E-state index in [1.54, 1.807) is 34.0 Å². The van der Waals surface area contributed by atoms with E-state index in [0.29, 0.717) is 0 Å². The van der Waals surface area contributed by atoms with Crippen molar-refractivity contribution in [2.24, 2.45) is 0 Å². The Morgan fingerprint density at radius 2 is 2.00 bits per heavy atom. The topological polar surface area (TPSA) is 64.7 Å². The van der Waals surface area contributed by atoms with Crippen LogP contribution in [0.15, 0.2) is 61.2 Å². The molecule has 112 valence electrons. The second-order valence-corrected chi connectivity index (χ2v) is 5.04. The zero-order valence-electron chi connectivity index (χ0n) is 12.3. The number of carbonyl (C=O) groups excluding carboxylic acids is 1. The number of nitrogens with zero attached hydrogens (tertiary/aromatic N) is 4. The van der Waals surface area contributed by atoms with Crippen LogP contribution in [0.5, 0.6) is 0 Å². The summed E-state index contributed by atoms with van der Waals surface area (Å²) in [6.07, 6.45) is 7.05. The Bertz CT molecular complexity index is 734. The summed E-state index contributed by atoms with van der Waals surface area (Å²) in [6, 6.07) is 11.5. The molecular formula is C16H17N5O. The Labute approximate surface area is 128 Å². The number of aromatic nitrogens is 4. The van der Waals surface area contributed by atoms with Crippen molar-refractivity contribution in [1.82, 2.24) is 24.9 Å². The highest BCUT2D eigenvalue weighted by Crippen LogP contribution is 2.16. The molecule has 0 spiro atoms. The van der Waals surface area contributed by atoms with E-state index in [-0.39, 0.29) is 18.5 Å². The summed E-state index contributed by atoms with van der Waals surface area (Å²) in [5.74, 6) is -0.0688. The molecule has 1 N–H and O–H groups in total. The van der Waals surface area contributed by atoms with Gasteiger partial charge in [-0.2, -0.15) is 10.2 Å². The van der Waals surface area contributed by atoms with Gasteiger partial charge in [-0.3, -0.25) is 9.48 Å². The van der Waals surface area contributed by atoms with Crippen molar-refractivity contribution < 1.29 is 4.79 Å². The second kappa shape index (κ2) is 6.26. The summed E-state index contributed by atoms with van der Waals surface area (Å²) in [7, 11) is 0. The molecule has 1 amide bonds. The highest BCUT2D eigenvalue weighted by Gasteiger charge is 2.11. The molecule has 0 unspecified atom stereocenters. The molecule has 1 atom stereocenters. The Balaban J connectivity index is 1.68. The van der Waals surface area contributed by atoms with Crippen LogP contribution in [0.25, 0.3) is 5.69 Å². The zero-order valence-corrected chi connectivity index (χ0v) is 12.3. The molecule has 2 heterocycles. The molecule has 2 aromatic heterocycles. The maximum absolute atomic E-state index is 12.0. The highest BCUT2D eigenvalue weighted by atomic mass is 16.2. The van der Waals surface area contributed by atoms with E-state index >= 15 is 0 Å². The minimum Gasteiger partial charge on any atom is -0.348 e. The van der Waals surface area contributed by atoms with Gasteiger partial charge in [-0.05, 0) is 36.8 Å². The number of hydrogen-bond acceptors (Lipinski definition) is 3. The lowest BCUT2D eigenvalue weighted by Gasteiger charge is -2.15. The van der Waals surface area contributed by atoms with Gasteiger partial charge in [-0.25, -0.2) is 4.68 Å². The van der Waals surface area contributed by atoms with E-state index in [4.69, 9.17) is 0 Å². The van der Waals surface area contributed by atoms with Crippen LogP contribution in [0, 0.1) is 0 Å². The van der Waals surface area contributed by atoms with E-state index in [9.17, 15) is 4.79 Å². The number of carbonyl (C=O) groups is 1. The Kier molecular flexibility index (Phi) is 4.00. The van der Waals surface area contributed by atoms with Gasteiger partial charge >= 0.3 is 0 Å². The first kappa shape index (κ1) is 14.1. The van der Waals surface area contributed by atoms with Crippen molar-refractivity contribution in [2.45, 2.75) is 19.5 Å². The van der Waals surface area contributed by atoms with Gasteiger partial charge in [0.25, 0.3) is 0 Å². The molecular weight excluding hydrogens is 278 g/mol. The first-order valence-electron chi connectivity index (χ1n) is 7.09. The summed E-state index contributed by atoms with van der Waals surface area (Å²) >= 11 is 0. The quantitative estimate of drug-likeness (QED) is 0.782. The van der Waals surface area contributed by atoms with Gasteiger partial charge in [-0.15, -0.1) is 0 Å². The summed E-state index contributed by atoms with van der Waals surface area (Å²) in [5, 5.41) is 11.2. The van der Waals surface area contributed by atoms with E-state index in [1.165, 1.54) is 0 Å². The lowest BCUT2D eigenvalue weighted by Crippen LogP contribution is -2.30. The van der Waals surface area contributed by atoms with Crippen LogP contribution in [0.1, 0.15) is 18.5 Å². The SMILES string of the molecule is C[C@H](NC(=O)Cn1cccn1)c1cccc(-n2cccn2)c1. The molecule has 0 radical (unpaired) electrons. The number of rotatable bonds is 5. The monoisotopic (exact) mass is 295 g/mol. The Hall–Kier alpha value is -2.89. The van der Waals surface area contributed by atoms with Gasteiger partial charge < -0.3 is 5.32 Å². The lowest BCUT2D eigenvalue weighted by molar-refractivity contribution is -0.122. The molecule has 0 bridgehead atoms. The fraction of sp³-hybridized carbons (Fsp3) is 0.188. The van der Waals surface area contributed by atoms with Crippen LogP contribution in [0.4, 0.5) is 0 Å². The molecule has 0 saturated carbocycles. The van der Waals surface area contributed by atoms with Crippen LogP contribution in [0.2, 0.25) is 0 Å². The van der Waals surface area contributed by atoms with E-state index in [0.717, 1.165) is 11.3 Å². The van der Waals surface area contributed by atoms with Crippen LogP contribution >= 0.6 is 0 Å². The minimum absolute atomic E-state index is 0.0688. The zero-order chi connectivity index (χ0) is 15.4. The van der Waals surface area contributed by atoms with E-state index < -0.39 is 0 Å². The number of hydrogen-bond donors (Lipinski definition) is 1. The number of amides is 1. The molecule has 1 aromatic carbocycles. The van der Waals surface area contributed by atoms with Crippen molar-refractivity contribution >= 4 is 5.91 Å². The number of benzene rings is 1. The second-order valence-electron chi connectivity index (χ2n) is 5.04. The first-order valence-corrected chi connectivity index (χ1v) is 7.09. The first-order chi connectivity index (χ1) is 10.7. The maximum atomic E-state index is 12.0. The van der Waals surface area contributed by atoms with Crippen molar-refractivity contribution in [3.63, 3.8) is 0 Å². The van der Waals surface area contributed by atoms with Crippen molar-refractivity contribution in [2.75, 3.05) is 0 Å². The van der Waals surface area contributed by atoms with Gasteiger partial charge in [0.05, 0.1) is 11.7 Å². The molecule has 0 saturated heterocycles. The van der Waals surface area contributed by atoms with E-state index in [1.807, 2.05) is 43.5 Å². The minimum atomic E-state index is -0.0847. The Morgan fingerprint density at radius 3 is 2.73 bits per heavy atom. The Morgan fingerprint density at radius 1 is 1.18 bits per heavy atom. The van der Waals surface area contributed by atoms with Crippen molar-refractivity contribution in [3.05, 3.63) is 66.7 Å². The van der Waals surface area contributed by atoms with E-state index in [2.05, 4.69) is 15.5 Å². The fourth-order valence-electron chi connectivity index (χ4n) is 2.27. The van der Waals surface area contributed by atoms with Crippen LogP contribution in [-0.2, 0) is 11.3 Å².